The van der Waals surface area contributed by atoms with E-state index in [0.717, 1.165) is 22.4 Å². The highest BCUT2D eigenvalue weighted by atomic mass is 35.5. The van der Waals surface area contributed by atoms with Gasteiger partial charge in [-0.15, -0.1) is 0 Å². The van der Waals surface area contributed by atoms with E-state index in [1.807, 2.05) is 55.5 Å². The summed E-state index contributed by atoms with van der Waals surface area (Å²) in [4.78, 5) is 25.9. The van der Waals surface area contributed by atoms with E-state index in [9.17, 15) is 9.59 Å². The first-order valence-corrected chi connectivity index (χ1v) is 12.0. The maximum Gasteiger partial charge on any atom is 0.262 e. The third-order valence-electron chi connectivity index (χ3n) is 5.34. The Morgan fingerprint density at radius 2 is 1.78 bits per heavy atom. The molecule has 3 aromatic carbocycles. The molecule has 7 nitrogen and oxygen atoms in total. The van der Waals surface area contributed by atoms with E-state index < -0.39 is 24.0 Å². The second kappa shape index (κ2) is 13.0. The summed E-state index contributed by atoms with van der Waals surface area (Å²) >= 11 is 12.1. The van der Waals surface area contributed by atoms with Crippen molar-refractivity contribution in [3.8, 4) is 11.5 Å². The molecular weight excluding hydrogens is 501 g/mol. The molecule has 188 valence electrons. The van der Waals surface area contributed by atoms with Gasteiger partial charge in [0.05, 0.1) is 18.3 Å². The fourth-order valence-corrected chi connectivity index (χ4v) is 3.78. The second-order valence-corrected chi connectivity index (χ2v) is 8.89. The van der Waals surface area contributed by atoms with Crippen LogP contribution in [0.15, 0.2) is 71.8 Å². The average molecular weight is 528 g/mol. The molecule has 0 aliphatic rings. The molecule has 0 aromatic heterocycles. The van der Waals surface area contributed by atoms with E-state index in [2.05, 4.69) is 15.8 Å². The standard InChI is InChI=1S/C27H27Cl2N3O4/c1-17-13-22(35-3)11-9-20(17)16-30-32-27(34)24(14-19-7-5-4-6-8-19)31-26(33)18(2)36-25-12-10-21(28)15-23(25)29/h4-13,15-16,18,24H,14H2,1-3H3,(H,31,33)(H,32,34)/b30-16-/t18-,24-/m1/s1. The highest BCUT2D eigenvalue weighted by Crippen LogP contribution is 2.28. The van der Waals surface area contributed by atoms with Crippen LogP contribution in [-0.2, 0) is 16.0 Å². The van der Waals surface area contributed by atoms with Crippen LogP contribution in [0.3, 0.4) is 0 Å². The molecule has 0 aliphatic carbocycles. The summed E-state index contributed by atoms with van der Waals surface area (Å²) in [5.74, 6) is 0.0983. The van der Waals surface area contributed by atoms with Crippen molar-refractivity contribution in [3.05, 3.63) is 93.5 Å². The van der Waals surface area contributed by atoms with Crippen LogP contribution in [0.25, 0.3) is 0 Å². The first-order chi connectivity index (χ1) is 17.3. The predicted octanol–water partition coefficient (Wildman–Crippen LogP) is 4.96. The van der Waals surface area contributed by atoms with Gasteiger partial charge in [0, 0.05) is 11.4 Å². The Balaban J connectivity index is 1.69. The van der Waals surface area contributed by atoms with Gasteiger partial charge in [-0.3, -0.25) is 9.59 Å². The number of rotatable bonds is 10. The molecule has 36 heavy (non-hydrogen) atoms. The van der Waals surface area contributed by atoms with Crippen molar-refractivity contribution in [1.82, 2.24) is 10.7 Å². The largest absolute Gasteiger partial charge is 0.497 e. The molecule has 2 amide bonds. The number of hydrazone groups is 1. The summed E-state index contributed by atoms with van der Waals surface area (Å²) in [5, 5.41) is 7.57. The van der Waals surface area contributed by atoms with Crippen LogP contribution in [0.1, 0.15) is 23.6 Å². The SMILES string of the molecule is COc1ccc(/C=N\NC(=O)[C@@H](Cc2ccccc2)NC(=O)[C@@H](C)Oc2ccc(Cl)cc2Cl)c(C)c1. The molecule has 0 unspecified atom stereocenters. The van der Waals surface area contributed by atoms with Crippen molar-refractivity contribution in [1.29, 1.82) is 0 Å². The Hall–Kier alpha value is -3.55. The number of ether oxygens (including phenoxy) is 2. The van der Waals surface area contributed by atoms with Crippen LogP contribution in [0.2, 0.25) is 10.0 Å². The van der Waals surface area contributed by atoms with Gasteiger partial charge in [-0.05, 0) is 66.9 Å². The average Bonchev–Trinajstić information content (AvgIpc) is 2.86. The first kappa shape index (κ1) is 27.0. The third kappa shape index (κ3) is 7.73. The quantitative estimate of drug-likeness (QED) is 0.288. The number of amides is 2. The van der Waals surface area contributed by atoms with E-state index in [4.69, 9.17) is 32.7 Å². The Bertz CT molecular complexity index is 1230. The monoisotopic (exact) mass is 527 g/mol. The van der Waals surface area contributed by atoms with Crippen LogP contribution in [0.4, 0.5) is 0 Å². The Labute approximate surface area is 220 Å². The number of nitrogens with zero attached hydrogens (tertiary/aromatic N) is 1. The Kier molecular flexibility index (Phi) is 9.73. The van der Waals surface area contributed by atoms with Crippen LogP contribution in [-0.4, -0.2) is 37.3 Å². The Morgan fingerprint density at radius 1 is 1.03 bits per heavy atom. The fraction of sp³-hybridized carbons (Fsp3) is 0.222. The lowest BCUT2D eigenvalue weighted by molar-refractivity contribution is -0.132. The van der Waals surface area contributed by atoms with E-state index in [1.165, 1.54) is 6.07 Å². The molecule has 0 spiro atoms. The normalized spacial score (nSPS) is 12.6. The number of carbonyl (C=O) groups is 2. The summed E-state index contributed by atoms with van der Waals surface area (Å²) in [7, 11) is 1.60. The minimum Gasteiger partial charge on any atom is -0.497 e. The van der Waals surface area contributed by atoms with E-state index in [0.29, 0.717) is 10.8 Å². The predicted molar refractivity (Wildman–Crippen MR) is 142 cm³/mol. The van der Waals surface area contributed by atoms with Gasteiger partial charge >= 0.3 is 0 Å². The van der Waals surface area contributed by atoms with Crippen molar-refractivity contribution >= 4 is 41.2 Å². The molecular formula is C27H27Cl2N3O4. The highest BCUT2D eigenvalue weighted by molar-refractivity contribution is 6.35. The smallest absolute Gasteiger partial charge is 0.262 e. The molecule has 9 heteroatoms. The van der Waals surface area contributed by atoms with Crippen LogP contribution < -0.4 is 20.2 Å². The summed E-state index contributed by atoms with van der Waals surface area (Å²) < 4.78 is 10.9. The minimum absolute atomic E-state index is 0.268. The number of halogens is 2. The van der Waals surface area contributed by atoms with Gasteiger partial charge in [0.15, 0.2) is 6.10 Å². The van der Waals surface area contributed by atoms with Crippen molar-refractivity contribution < 1.29 is 19.1 Å². The lowest BCUT2D eigenvalue weighted by Crippen LogP contribution is -2.50. The number of nitrogens with one attached hydrogen (secondary N) is 2. The van der Waals surface area contributed by atoms with Gasteiger partial charge in [0.1, 0.15) is 17.5 Å². The van der Waals surface area contributed by atoms with Crippen molar-refractivity contribution in [2.45, 2.75) is 32.4 Å². The Morgan fingerprint density at radius 3 is 2.44 bits per heavy atom. The molecule has 3 rings (SSSR count). The molecule has 0 fully saturated rings. The van der Waals surface area contributed by atoms with Crippen molar-refractivity contribution in [2.24, 2.45) is 5.10 Å². The lowest BCUT2D eigenvalue weighted by atomic mass is 10.1. The first-order valence-electron chi connectivity index (χ1n) is 11.2. The van der Waals surface area contributed by atoms with Gasteiger partial charge in [-0.25, -0.2) is 5.43 Å². The molecule has 2 atom stereocenters. The zero-order valence-corrected chi connectivity index (χ0v) is 21.6. The molecule has 0 saturated heterocycles. The maximum atomic E-state index is 13.0. The number of benzene rings is 3. The third-order valence-corrected chi connectivity index (χ3v) is 5.87. The maximum absolute atomic E-state index is 13.0. The molecule has 2 N–H and O–H groups in total. The van der Waals surface area contributed by atoms with E-state index >= 15 is 0 Å². The van der Waals surface area contributed by atoms with Gasteiger partial charge in [-0.1, -0.05) is 53.5 Å². The number of hydrogen-bond acceptors (Lipinski definition) is 5. The fourth-order valence-electron chi connectivity index (χ4n) is 3.33. The van der Waals surface area contributed by atoms with Crippen LogP contribution in [0.5, 0.6) is 11.5 Å². The summed E-state index contributed by atoms with van der Waals surface area (Å²) in [6.45, 7) is 3.49. The van der Waals surface area contributed by atoms with Gasteiger partial charge in [0.25, 0.3) is 11.8 Å². The van der Waals surface area contributed by atoms with Gasteiger partial charge in [-0.2, -0.15) is 5.10 Å². The van der Waals surface area contributed by atoms with Gasteiger partial charge < -0.3 is 14.8 Å². The summed E-state index contributed by atoms with van der Waals surface area (Å²) in [6, 6.07) is 18.7. The molecule has 0 heterocycles. The zero-order valence-electron chi connectivity index (χ0n) is 20.1. The van der Waals surface area contributed by atoms with E-state index in [1.54, 1.807) is 32.4 Å². The summed E-state index contributed by atoms with van der Waals surface area (Å²) in [6.07, 6.45) is 0.895. The molecule has 0 bridgehead atoms. The lowest BCUT2D eigenvalue weighted by Gasteiger charge is -2.21. The van der Waals surface area contributed by atoms with Crippen molar-refractivity contribution in [3.63, 3.8) is 0 Å². The number of carbonyl (C=O) groups excluding carboxylic acids is 2. The summed E-state index contributed by atoms with van der Waals surface area (Å²) in [5.41, 5.74) is 5.16. The molecule has 0 radical (unpaired) electrons. The number of methoxy groups -OCH3 is 1. The molecule has 0 saturated carbocycles. The molecule has 0 aliphatic heterocycles. The zero-order chi connectivity index (χ0) is 26.1. The van der Waals surface area contributed by atoms with Crippen molar-refractivity contribution in [2.75, 3.05) is 7.11 Å². The second-order valence-electron chi connectivity index (χ2n) is 8.04. The van der Waals surface area contributed by atoms with E-state index in [-0.39, 0.29) is 11.4 Å². The topological polar surface area (TPSA) is 89.0 Å². The number of hydrogen-bond donors (Lipinski definition) is 2. The minimum atomic E-state index is -0.916. The number of aryl methyl sites for hydroxylation is 1. The highest BCUT2D eigenvalue weighted by Gasteiger charge is 2.25. The van der Waals surface area contributed by atoms with Crippen LogP contribution >= 0.6 is 23.2 Å². The van der Waals surface area contributed by atoms with Crippen LogP contribution in [0, 0.1) is 6.92 Å². The molecule has 3 aromatic rings. The van der Waals surface area contributed by atoms with Gasteiger partial charge in [0.2, 0.25) is 0 Å².